The van der Waals surface area contributed by atoms with Crippen LogP contribution in [0.15, 0.2) is 40.9 Å². The van der Waals surface area contributed by atoms with Crippen molar-refractivity contribution >= 4 is 33.8 Å². The molecule has 102 valence electrons. The van der Waals surface area contributed by atoms with Crippen molar-refractivity contribution in [1.29, 1.82) is 0 Å². The minimum atomic E-state index is -0.00231. The standard InChI is InChI=1S/C16H12BrClO2/c17-13-2-1-3-15(16(13)18)20-14-7-5-11-8-10(9-19)4-6-12(11)14/h1-4,6,8-9,14H,5,7H2. The Kier molecular flexibility index (Phi) is 3.81. The van der Waals surface area contributed by atoms with Gasteiger partial charge in [0.1, 0.15) is 18.1 Å². The maximum atomic E-state index is 10.8. The predicted octanol–water partition coefficient (Wildman–Crippen LogP) is 4.98. The van der Waals surface area contributed by atoms with Crippen LogP contribution in [0.3, 0.4) is 0 Å². The van der Waals surface area contributed by atoms with E-state index in [2.05, 4.69) is 15.9 Å². The molecule has 1 aliphatic carbocycles. The SMILES string of the molecule is O=Cc1ccc2c(c1)CCC2Oc1cccc(Br)c1Cl. The van der Waals surface area contributed by atoms with E-state index in [1.807, 2.05) is 36.4 Å². The Morgan fingerprint density at radius 3 is 2.95 bits per heavy atom. The van der Waals surface area contributed by atoms with Crippen molar-refractivity contribution in [3.05, 3.63) is 62.6 Å². The third-order valence-electron chi connectivity index (χ3n) is 3.51. The van der Waals surface area contributed by atoms with Crippen molar-refractivity contribution in [3.63, 3.8) is 0 Å². The topological polar surface area (TPSA) is 26.3 Å². The Bertz CT molecular complexity index is 670. The van der Waals surface area contributed by atoms with Crippen molar-refractivity contribution in [1.82, 2.24) is 0 Å². The first kappa shape index (κ1) is 13.7. The normalized spacial score (nSPS) is 16.8. The van der Waals surface area contributed by atoms with E-state index in [1.165, 1.54) is 5.56 Å². The summed E-state index contributed by atoms with van der Waals surface area (Å²) in [5, 5.41) is 0.588. The summed E-state index contributed by atoms with van der Waals surface area (Å²) in [5.41, 5.74) is 3.04. The Labute approximate surface area is 130 Å². The number of benzene rings is 2. The highest BCUT2D eigenvalue weighted by molar-refractivity contribution is 9.10. The van der Waals surface area contributed by atoms with Gasteiger partial charge >= 0.3 is 0 Å². The van der Waals surface area contributed by atoms with Gasteiger partial charge in [-0.2, -0.15) is 0 Å². The minimum Gasteiger partial charge on any atom is -0.484 e. The lowest BCUT2D eigenvalue weighted by molar-refractivity contribution is 0.112. The molecule has 0 spiro atoms. The van der Waals surface area contributed by atoms with E-state index < -0.39 is 0 Å². The summed E-state index contributed by atoms with van der Waals surface area (Å²) >= 11 is 9.62. The maximum Gasteiger partial charge on any atom is 0.150 e. The van der Waals surface area contributed by atoms with Gasteiger partial charge in [0.05, 0.1) is 5.02 Å². The fourth-order valence-electron chi connectivity index (χ4n) is 2.52. The molecule has 1 atom stereocenters. The number of fused-ring (bicyclic) bond motifs is 1. The van der Waals surface area contributed by atoms with Crippen molar-refractivity contribution in [2.45, 2.75) is 18.9 Å². The van der Waals surface area contributed by atoms with Gasteiger partial charge < -0.3 is 4.74 Å². The highest BCUT2D eigenvalue weighted by Crippen LogP contribution is 2.39. The van der Waals surface area contributed by atoms with Crippen LogP contribution in [-0.2, 0) is 6.42 Å². The second-order valence-electron chi connectivity index (χ2n) is 4.77. The molecule has 1 aliphatic rings. The van der Waals surface area contributed by atoms with Crippen LogP contribution in [0, 0.1) is 0 Å². The number of carbonyl (C=O) groups excluding carboxylic acids is 1. The van der Waals surface area contributed by atoms with Crippen LogP contribution in [0.1, 0.15) is 34.0 Å². The summed E-state index contributed by atoms with van der Waals surface area (Å²) in [6.07, 6.45) is 2.70. The van der Waals surface area contributed by atoms with Crippen molar-refractivity contribution in [2.24, 2.45) is 0 Å². The van der Waals surface area contributed by atoms with Crippen LogP contribution < -0.4 is 4.74 Å². The molecule has 0 amide bonds. The molecule has 0 bridgehead atoms. The van der Waals surface area contributed by atoms with E-state index >= 15 is 0 Å². The summed E-state index contributed by atoms with van der Waals surface area (Å²) in [7, 11) is 0. The number of carbonyl (C=O) groups is 1. The lowest BCUT2D eigenvalue weighted by Crippen LogP contribution is -2.04. The van der Waals surface area contributed by atoms with E-state index in [-0.39, 0.29) is 6.10 Å². The number of aryl methyl sites for hydroxylation is 1. The molecule has 4 heteroatoms. The van der Waals surface area contributed by atoms with Crippen LogP contribution in [0.2, 0.25) is 5.02 Å². The average molecular weight is 352 g/mol. The van der Waals surface area contributed by atoms with Gasteiger partial charge in [-0.1, -0.05) is 29.8 Å². The summed E-state index contributed by atoms with van der Waals surface area (Å²) in [6, 6.07) is 11.4. The van der Waals surface area contributed by atoms with Crippen LogP contribution in [0.5, 0.6) is 5.75 Å². The number of halogens is 2. The molecule has 3 rings (SSSR count). The molecule has 0 fully saturated rings. The van der Waals surface area contributed by atoms with Crippen LogP contribution in [0.25, 0.3) is 0 Å². The molecule has 1 unspecified atom stereocenters. The number of rotatable bonds is 3. The summed E-state index contributed by atoms with van der Waals surface area (Å²) in [5.74, 6) is 0.679. The summed E-state index contributed by atoms with van der Waals surface area (Å²) in [6.45, 7) is 0. The van der Waals surface area contributed by atoms with Gasteiger partial charge in [-0.25, -0.2) is 0 Å². The zero-order chi connectivity index (χ0) is 14.1. The largest absolute Gasteiger partial charge is 0.484 e. The van der Waals surface area contributed by atoms with E-state index in [9.17, 15) is 4.79 Å². The lowest BCUT2D eigenvalue weighted by Gasteiger charge is -2.16. The molecule has 20 heavy (non-hydrogen) atoms. The maximum absolute atomic E-state index is 10.8. The predicted molar refractivity (Wildman–Crippen MR) is 82.7 cm³/mol. The van der Waals surface area contributed by atoms with Gasteiger partial charge in [-0.3, -0.25) is 4.79 Å². The van der Waals surface area contributed by atoms with Gasteiger partial charge in [0.25, 0.3) is 0 Å². The zero-order valence-electron chi connectivity index (χ0n) is 10.6. The molecule has 0 radical (unpaired) electrons. The molecule has 0 saturated heterocycles. The first-order valence-corrected chi connectivity index (χ1v) is 7.55. The van der Waals surface area contributed by atoms with Crippen molar-refractivity contribution in [2.75, 3.05) is 0 Å². The first-order valence-electron chi connectivity index (χ1n) is 6.37. The van der Waals surface area contributed by atoms with Gasteiger partial charge in [-0.15, -0.1) is 0 Å². The second kappa shape index (κ2) is 5.58. The molecule has 0 N–H and O–H groups in total. The van der Waals surface area contributed by atoms with Gasteiger partial charge in [-0.05, 0) is 58.1 Å². The monoisotopic (exact) mass is 350 g/mol. The van der Waals surface area contributed by atoms with E-state index in [0.717, 1.165) is 29.2 Å². The molecule has 0 saturated carbocycles. The molecule has 2 nitrogen and oxygen atoms in total. The van der Waals surface area contributed by atoms with E-state index in [4.69, 9.17) is 16.3 Å². The lowest BCUT2D eigenvalue weighted by atomic mass is 10.1. The minimum absolute atomic E-state index is 0.00231. The molecule has 0 aromatic heterocycles. The number of aldehydes is 1. The number of hydrogen-bond donors (Lipinski definition) is 0. The van der Waals surface area contributed by atoms with Crippen LogP contribution in [0.4, 0.5) is 0 Å². The fraction of sp³-hybridized carbons (Fsp3) is 0.188. The Hall–Kier alpha value is -1.32. The molecular weight excluding hydrogens is 340 g/mol. The molecule has 0 heterocycles. The Morgan fingerprint density at radius 1 is 1.30 bits per heavy atom. The van der Waals surface area contributed by atoms with Crippen LogP contribution >= 0.6 is 27.5 Å². The smallest absolute Gasteiger partial charge is 0.150 e. The molecule has 2 aromatic carbocycles. The Morgan fingerprint density at radius 2 is 2.15 bits per heavy atom. The van der Waals surface area contributed by atoms with Gasteiger partial charge in [0.15, 0.2) is 0 Å². The average Bonchev–Trinajstić information content (AvgIpc) is 2.86. The Balaban J connectivity index is 1.88. The van der Waals surface area contributed by atoms with Gasteiger partial charge in [0.2, 0.25) is 0 Å². The number of hydrogen-bond acceptors (Lipinski definition) is 2. The third-order valence-corrected chi connectivity index (χ3v) is 4.79. The second-order valence-corrected chi connectivity index (χ2v) is 6.01. The molecule has 0 aliphatic heterocycles. The highest BCUT2D eigenvalue weighted by atomic mass is 79.9. The quantitative estimate of drug-likeness (QED) is 0.729. The highest BCUT2D eigenvalue weighted by Gasteiger charge is 2.25. The molecule has 2 aromatic rings. The summed E-state index contributed by atoms with van der Waals surface area (Å²) < 4.78 is 6.86. The molecular formula is C16H12BrClO2. The first-order chi connectivity index (χ1) is 9.69. The van der Waals surface area contributed by atoms with E-state index in [1.54, 1.807) is 0 Å². The number of ether oxygens (including phenoxy) is 1. The summed E-state index contributed by atoms with van der Waals surface area (Å²) in [4.78, 5) is 10.8. The van der Waals surface area contributed by atoms with Crippen LogP contribution in [-0.4, -0.2) is 6.29 Å². The third kappa shape index (κ3) is 2.48. The van der Waals surface area contributed by atoms with Gasteiger partial charge in [0, 0.05) is 10.0 Å². The zero-order valence-corrected chi connectivity index (χ0v) is 12.9. The van der Waals surface area contributed by atoms with E-state index in [0.29, 0.717) is 16.3 Å². The van der Waals surface area contributed by atoms with Crippen molar-refractivity contribution in [3.8, 4) is 5.75 Å². The fourth-order valence-corrected chi connectivity index (χ4v) is 3.04. The van der Waals surface area contributed by atoms with Crippen molar-refractivity contribution < 1.29 is 9.53 Å².